The molecule has 0 aliphatic carbocycles. The van der Waals surface area contributed by atoms with Crippen LogP contribution >= 0.6 is 0 Å². The number of nitrogens with zero attached hydrogens (tertiary/aromatic N) is 2. The summed E-state index contributed by atoms with van der Waals surface area (Å²) in [5, 5.41) is 6.34. The molecule has 2 aromatic rings. The van der Waals surface area contributed by atoms with Crippen molar-refractivity contribution in [2.24, 2.45) is 5.10 Å². The number of rotatable bonds is 11. The zero-order valence-corrected chi connectivity index (χ0v) is 20.6. The summed E-state index contributed by atoms with van der Waals surface area (Å²) in [5.41, 5.74) is 3.26. The molecule has 0 bridgehead atoms. The van der Waals surface area contributed by atoms with Crippen molar-refractivity contribution in [1.82, 2.24) is 10.3 Å². The van der Waals surface area contributed by atoms with E-state index in [0.29, 0.717) is 35.1 Å². The molecule has 192 valence electrons. The topological polar surface area (TPSA) is 119 Å². The molecule has 1 fully saturated rings. The second-order valence-corrected chi connectivity index (χ2v) is 8.17. The molecule has 0 saturated carbocycles. The number of benzene rings is 2. The van der Waals surface area contributed by atoms with Gasteiger partial charge in [0.2, 0.25) is 0 Å². The number of methoxy groups -OCH3 is 1. The van der Waals surface area contributed by atoms with E-state index >= 15 is 0 Å². The molecule has 1 saturated heterocycles. The van der Waals surface area contributed by atoms with E-state index in [-0.39, 0.29) is 12.5 Å². The number of anilines is 1. The first-order valence-electron chi connectivity index (χ1n) is 12.0. The monoisotopic (exact) mass is 496 g/mol. The Morgan fingerprint density at radius 2 is 1.75 bits per heavy atom. The Kier molecular flexibility index (Phi) is 10.1. The van der Waals surface area contributed by atoms with E-state index in [1.165, 1.54) is 13.3 Å². The highest BCUT2D eigenvalue weighted by molar-refractivity contribution is 6.39. The van der Waals surface area contributed by atoms with E-state index in [0.717, 1.165) is 38.8 Å². The third-order valence-corrected chi connectivity index (χ3v) is 5.46. The van der Waals surface area contributed by atoms with Gasteiger partial charge in [-0.3, -0.25) is 14.4 Å². The summed E-state index contributed by atoms with van der Waals surface area (Å²) >= 11 is 0. The van der Waals surface area contributed by atoms with Crippen LogP contribution < -0.4 is 25.0 Å². The molecule has 10 nitrogen and oxygen atoms in total. The largest absolute Gasteiger partial charge is 0.494 e. The Morgan fingerprint density at radius 1 is 1.00 bits per heavy atom. The first kappa shape index (κ1) is 26.5. The van der Waals surface area contributed by atoms with Gasteiger partial charge in [0.05, 0.1) is 19.9 Å². The maximum Gasteiger partial charge on any atom is 0.329 e. The van der Waals surface area contributed by atoms with Crippen molar-refractivity contribution in [3.63, 3.8) is 0 Å². The van der Waals surface area contributed by atoms with Crippen LogP contribution in [0.4, 0.5) is 5.69 Å². The highest BCUT2D eigenvalue weighted by atomic mass is 16.5. The first-order valence-corrected chi connectivity index (χ1v) is 12.0. The number of nitrogens with one attached hydrogen (secondary N) is 2. The van der Waals surface area contributed by atoms with E-state index in [4.69, 9.17) is 14.2 Å². The molecule has 1 heterocycles. The van der Waals surface area contributed by atoms with Crippen molar-refractivity contribution < 1.29 is 28.6 Å². The maximum absolute atomic E-state index is 12.2. The predicted octanol–water partition coefficient (Wildman–Crippen LogP) is 2.96. The van der Waals surface area contributed by atoms with Gasteiger partial charge in [-0.25, -0.2) is 5.43 Å². The first-order chi connectivity index (χ1) is 17.5. The molecule has 0 atom stereocenters. The molecule has 2 aromatic carbocycles. The van der Waals surface area contributed by atoms with Gasteiger partial charge in [-0.1, -0.05) is 13.3 Å². The van der Waals surface area contributed by atoms with Crippen molar-refractivity contribution in [1.29, 1.82) is 0 Å². The second-order valence-electron chi connectivity index (χ2n) is 8.17. The van der Waals surface area contributed by atoms with Gasteiger partial charge in [0.15, 0.2) is 18.1 Å². The number of amides is 3. The highest BCUT2D eigenvalue weighted by Crippen LogP contribution is 2.27. The van der Waals surface area contributed by atoms with Crippen molar-refractivity contribution in [2.45, 2.75) is 32.6 Å². The fourth-order valence-electron chi connectivity index (χ4n) is 3.45. The number of likely N-dealkylation sites (tertiary alicyclic amines) is 1. The number of carbonyl (C=O) groups is 3. The number of hydrogen-bond donors (Lipinski definition) is 2. The normalized spacial score (nSPS) is 12.9. The lowest BCUT2D eigenvalue weighted by molar-refractivity contribution is -0.136. The van der Waals surface area contributed by atoms with Gasteiger partial charge in [0, 0.05) is 18.8 Å². The molecule has 3 amide bonds. The molecule has 0 unspecified atom stereocenters. The fourth-order valence-corrected chi connectivity index (χ4v) is 3.45. The number of hydrogen-bond acceptors (Lipinski definition) is 7. The highest BCUT2D eigenvalue weighted by Gasteiger charge is 2.19. The van der Waals surface area contributed by atoms with Crippen LogP contribution in [0.1, 0.15) is 38.2 Å². The Labute approximate surface area is 210 Å². The number of ether oxygens (including phenoxy) is 3. The van der Waals surface area contributed by atoms with Gasteiger partial charge in [-0.2, -0.15) is 5.10 Å². The fraction of sp³-hybridized carbons (Fsp3) is 0.385. The molecule has 0 radical (unpaired) electrons. The van der Waals surface area contributed by atoms with Crippen molar-refractivity contribution in [3.05, 3.63) is 48.0 Å². The van der Waals surface area contributed by atoms with Gasteiger partial charge in [-0.15, -0.1) is 0 Å². The summed E-state index contributed by atoms with van der Waals surface area (Å²) < 4.78 is 16.5. The minimum Gasteiger partial charge on any atom is -0.494 e. The Balaban J connectivity index is 1.47. The van der Waals surface area contributed by atoms with Gasteiger partial charge in [-0.05, 0) is 67.3 Å². The third-order valence-electron chi connectivity index (χ3n) is 5.46. The van der Waals surface area contributed by atoms with Crippen LogP contribution in [0.15, 0.2) is 47.6 Å². The predicted molar refractivity (Wildman–Crippen MR) is 136 cm³/mol. The number of unbranched alkanes of at least 4 members (excludes halogenated alkanes) is 1. The quantitative estimate of drug-likeness (QED) is 0.214. The van der Waals surface area contributed by atoms with Crippen molar-refractivity contribution in [3.8, 4) is 17.2 Å². The molecule has 1 aliphatic heterocycles. The summed E-state index contributed by atoms with van der Waals surface area (Å²) in [6, 6.07) is 11.8. The van der Waals surface area contributed by atoms with Crippen LogP contribution in [-0.2, 0) is 14.4 Å². The zero-order chi connectivity index (χ0) is 25.8. The van der Waals surface area contributed by atoms with Crippen LogP contribution in [0, 0.1) is 0 Å². The van der Waals surface area contributed by atoms with E-state index in [1.54, 1.807) is 47.4 Å². The van der Waals surface area contributed by atoms with Crippen LogP contribution in [-0.4, -0.2) is 62.2 Å². The van der Waals surface area contributed by atoms with Gasteiger partial charge in [0.1, 0.15) is 5.75 Å². The van der Waals surface area contributed by atoms with Crippen LogP contribution in [0.3, 0.4) is 0 Å². The number of carbonyl (C=O) groups excluding carboxylic acids is 3. The lowest BCUT2D eigenvalue weighted by atomic mass is 10.2. The maximum atomic E-state index is 12.2. The molecular weight excluding hydrogens is 464 g/mol. The lowest BCUT2D eigenvalue weighted by Gasteiger charge is -2.16. The molecule has 1 aliphatic rings. The Hall–Kier alpha value is -4.08. The van der Waals surface area contributed by atoms with E-state index in [1.807, 2.05) is 0 Å². The van der Waals surface area contributed by atoms with Crippen LogP contribution in [0.25, 0.3) is 0 Å². The molecule has 0 aromatic heterocycles. The van der Waals surface area contributed by atoms with Crippen molar-refractivity contribution >= 4 is 29.6 Å². The van der Waals surface area contributed by atoms with Crippen molar-refractivity contribution in [2.75, 3.05) is 38.7 Å². The van der Waals surface area contributed by atoms with E-state index in [9.17, 15) is 14.4 Å². The minimum absolute atomic E-state index is 0.0579. The van der Waals surface area contributed by atoms with Gasteiger partial charge >= 0.3 is 11.8 Å². The summed E-state index contributed by atoms with van der Waals surface area (Å²) in [4.78, 5) is 38.2. The van der Waals surface area contributed by atoms with Gasteiger partial charge < -0.3 is 24.4 Å². The summed E-state index contributed by atoms with van der Waals surface area (Å²) in [6.07, 6.45) is 5.41. The summed E-state index contributed by atoms with van der Waals surface area (Å²) in [7, 11) is 1.49. The van der Waals surface area contributed by atoms with E-state index in [2.05, 4.69) is 22.8 Å². The average molecular weight is 497 g/mol. The van der Waals surface area contributed by atoms with Crippen LogP contribution in [0.5, 0.6) is 17.2 Å². The number of hydrazone groups is 1. The second kappa shape index (κ2) is 13.7. The Morgan fingerprint density at radius 3 is 2.44 bits per heavy atom. The smallest absolute Gasteiger partial charge is 0.329 e. The molecule has 2 N–H and O–H groups in total. The van der Waals surface area contributed by atoms with Crippen LogP contribution in [0.2, 0.25) is 0 Å². The molecule has 36 heavy (non-hydrogen) atoms. The summed E-state index contributed by atoms with van der Waals surface area (Å²) in [6.45, 7) is 4.17. The average Bonchev–Trinajstić information content (AvgIpc) is 3.44. The lowest BCUT2D eigenvalue weighted by Crippen LogP contribution is -2.32. The minimum atomic E-state index is -0.915. The third kappa shape index (κ3) is 8.00. The van der Waals surface area contributed by atoms with E-state index < -0.39 is 11.8 Å². The zero-order valence-electron chi connectivity index (χ0n) is 20.6. The Bertz CT molecular complexity index is 1060. The molecule has 10 heteroatoms. The molecule has 3 rings (SSSR count). The molecule has 0 spiro atoms. The standard InChI is InChI=1S/C26H32N4O6/c1-3-4-15-35-21-10-8-20(9-11-21)28-25(32)26(33)29-27-17-19-7-12-22(23(16-19)34-2)36-18-24(31)30-13-5-6-14-30/h7-12,16-17H,3-6,13-15,18H2,1-2H3,(H,28,32)(H,29,33)/b27-17-. The SMILES string of the molecule is CCCCOc1ccc(NC(=O)C(=O)N/N=C\c2ccc(OCC(=O)N3CCCC3)c(OC)c2)cc1. The van der Waals surface area contributed by atoms with Gasteiger partial charge in [0.25, 0.3) is 5.91 Å². The summed E-state index contributed by atoms with van der Waals surface area (Å²) in [5.74, 6) is -0.289. The molecular formula is C26H32N4O6.